The third kappa shape index (κ3) is 4.40. The molecule has 0 bridgehead atoms. The number of hydrogen-bond donors (Lipinski definition) is 2. The number of piperidine rings is 1. The van der Waals surface area contributed by atoms with Gasteiger partial charge in [-0.05, 0) is 44.1 Å². The lowest BCUT2D eigenvalue weighted by Gasteiger charge is -2.38. The van der Waals surface area contributed by atoms with Gasteiger partial charge in [-0.3, -0.25) is 9.69 Å². The molecule has 0 aliphatic carbocycles. The number of carbonyl (C=O) groups is 1. The second-order valence-corrected chi connectivity index (χ2v) is 6.64. The number of carbonyl (C=O) groups excluding carboxylic acids is 1. The zero-order valence-electron chi connectivity index (χ0n) is 12.1. The predicted octanol–water partition coefficient (Wildman–Crippen LogP) is 2.67. The van der Waals surface area contributed by atoms with Gasteiger partial charge >= 0.3 is 0 Å². The average Bonchev–Trinajstić information content (AvgIpc) is 2.41. The van der Waals surface area contributed by atoms with E-state index in [4.69, 9.17) is 29.6 Å². The van der Waals surface area contributed by atoms with Crippen LogP contribution in [0.25, 0.3) is 0 Å². The van der Waals surface area contributed by atoms with Crippen molar-refractivity contribution in [2.24, 2.45) is 11.1 Å². The third-order valence-corrected chi connectivity index (χ3v) is 4.76. The molecule has 6 heteroatoms. The summed E-state index contributed by atoms with van der Waals surface area (Å²) in [5.74, 6) is -0.0313. The summed E-state index contributed by atoms with van der Waals surface area (Å²) in [5.41, 5.74) is 6.43. The Morgan fingerprint density at radius 2 is 2.14 bits per heavy atom. The van der Waals surface area contributed by atoms with Gasteiger partial charge < -0.3 is 11.1 Å². The quantitative estimate of drug-likeness (QED) is 0.836. The van der Waals surface area contributed by atoms with E-state index in [9.17, 15) is 4.79 Å². The normalized spacial score (nSPS) is 18.2. The summed E-state index contributed by atoms with van der Waals surface area (Å²) in [6.45, 7) is 4.13. The fourth-order valence-electron chi connectivity index (χ4n) is 2.42. The van der Waals surface area contributed by atoms with Gasteiger partial charge in [-0.25, -0.2) is 0 Å². The molecule has 1 aliphatic heterocycles. The highest BCUT2D eigenvalue weighted by atomic mass is 35.5. The Morgan fingerprint density at radius 1 is 1.48 bits per heavy atom. The molecule has 0 spiro atoms. The number of nitrogens with zero attached hydrogens (tertiary/aromatic N) is 1. The highest BCUT2D eigenvalue weighted by Crippen LogP contribution is 2.31. The SMILES string of the molecule is CC1(C(N)=S)CCN(CC(=O)Nc2cccc(Cl)c2)CC1. The summed E-state index contributed by atoms with van der Waals surface area (Å²) in [4.78, 5) is 14.7. The maximum atomic E-state index is 12.0. The fourth-order valence-corrected chi connectivity index (χ4v) is 2.82. The van der Waals surface area contributed by atoms with Crippen LogP contribution in [0.2, 0.25) is 5.02 Å². The first-order valence-corrected chi connectivity index (χ1v) is 7.75. The molecule has 0 aromatic heterocycles. The number of thiocarbonyl (C=S) groups is 1. The number of anilines is 1. The Labute approximate surface area is 135 Å². The van der Waals surface area contributed by atoms with Gasteiger partial charge in [-0.1, -0.05) is 36.8 Å². The Bertz CT molecular complexity index is 541. The van der Waals surface area contributed by atoms with Gasteiger partial charge in [0.25, 0.3) is 0 Å². The molecule has 0 unspecified atom stereocenters. The summed E-state index contributed by atoms with van der Waals surface area (Å²) in [6, 6.07) is 7.15. The van der Waals surface area contributed by atoms with Crippen molar-refractivity contribution in [3.63, 3.8) is 0 Å². The van der Waals surface area contributed by atoms with E-state index in [1.54, 1.807) is 12.1 Å². The van der Waals surface area contributed by atoms with E-state index >= 15 is 0 Å². The summed E-state index contributed by atoms with van der Waals surface area (Å²) in [7, 11) is 0. The highest BCUT2D eigenvalue weighted by Gasteiger charge is 2.32. The fraction of sp³-hybridized carbons (Fsp3) is 0.467. The first-order valence-electron chi connectivity index (χ1n) is 6.97. The summed E-state index contributed by atoms with van der Waals surface area (Å²) >= 11 is 11.0. The number of hydrogen-bond acceptors (Lipinski definition) is 3. The van der Waals surface area contributed by atoms with Crippen LogP contribution in [0.5, 0.6) is 0 Å². The molecule has 4 nitrogen and oxygen atoms in total. The van der Waals surface area contributed by atoms with E-state index in [2.05, 4.69) is 17.1 Å². The van der Waals surface area contributed by atoms with E-state index in [0.29, 0.717) is 16.6 Å². The average molecular weight is 326 g/mol. The first kappa shape index (κ1) is 16.2. The van der Waals surface area contributed by atoms with Crippen molar-refractivity contribution in [1.82, 2.24) is 4.90 Å². The monoisotopic (exact) mass is 325 g/mol. The van der Waals surface area contributed by atoms with Gasteiger partial charge in [0.1, 0.15) is 0 Å². The van der Waals surface area contributed by atoms with Crippen molar-refractivity contribution in [2.75, 3.05) is 25.0 Å². The zero-order chi connectivity index (χ0) is 15.5. The molecule has 1 saturated heterocycles. The number of halogens is 1. The number of benzene rings is 1. The topological polar surface area (TPSA) is 58.4 Å². The van der Waals surface area contributed by atoms with Crippen LogP contribution < -0.4 is 11.1 Å². The van der Waals surface area contributed by atoms with E-state index < -0.39 is 0 Å². The number of rotatable bonds is 4. The van der Waals surface area contributed by atoms with E-state index in [0.717, 1.165) is 31.6 Å². The van der Waals surface area contributed by atoms with Crippen molar-refractivity contribution in [2.45, 2.75) is 19.8 Å². The molecule has 0 atom stereocenters. The van der Waals surface area contributed by atoms with Gasteiger partial charge in [0.2, 0.25) is 5.91 Å². The summed E-state index contributed by atoms with van der Waals surface area (Å²) in [5, 5.41) is 3.47. The molecular formula is C15H20ClN3OS. The van der Waals surface area contributed by atoms with Crippen molar-refractivity contribution in [1.29, 1.82) is 0 Å². The number of amides is 1. The molecule has 1 fully saturated rings. The first-order chi connectivity index (χ1) is 9.89. The molecule has 0 saturated carbocycles. The van der Waals surface area contributed by atoms with Crippen LogP contribution >= 0.6 is 23.8 Å². The highest BCUT2D eigenvalue weighted by molar-refractivity contribution is 7.80. The molecular weight excluding hydrogens is 306 g/mol. The van der Waals surface area contributed by atoms with Gasteiger partial charge in [-0.15, -0.1) is 0 Å². The van der Waals surface area contributed by atoms with Crippen LogP contribution in [0.1, 0.15) is 19.8 Å². The minimum atomic E-state index is -0.0741. The van der Waals surface area contributed by atoms with Crippen molar-refractivity contribution >= 4 is 40.4 Å². The molecule has 1 aromatic rings. The summed E-state index contributed by atoms with van der Waals surface area (Å²) < 4.78 is 0. The van der Waals surface area contributed by atoms with Gasteiger partial charge in [0, 0.05) is 16.1 Å². The lowest BCUT2D eigenvalue weighted by molar-refractivity contribution is -0.117. The van der Waals surface area contributed by atoms with Crippen LogP contribution in [0.15, 0.2) is 24.3 Å². The lowest BCUT2D eigenvalue weighted by Crippen LogP contribution is -2.46. The van der Waals surface area contributed by atoms with Gasteiger partial charge in [-0.2, -0.15) is 0 Å². The standard InChI is InChI=1S/C15H20ClN3OS/c1-15(14(17)21)5-7-19(8-6-15)10-13(20)18-12-4-2-3-11(16)9-12/h2-4,9H,5-8,10H2,1H3,(H2,17,21)(H,18,20). The minimum absolute atomic E-state index is 0.0313. The van der Waals surface area contributed by atoms with Gasteiger partial charge in [0.05, 0.1) is 11.5 Å². The van der Waals surface area contributed by atoms with Crippen molar-refractivity contribution < 1.29 is 4.79 Å². The minimum Gasteiger partial charge on any atom is -0.393 e. The van der Waals surface area contributed by atoms with E-state index in [-0.39, 0.29) is 11.3 Å². The Hall–Kier alpha value is -1.17. The molecule has 1 heterocycles. The maximum absolute atomic E-state index is 12.0. The number of nitrogens with two attached hydrogens (primary N) is 1. The van der Waals surface area contributed by atoms with Gasteiger partial charge in [0.15, 0.2) is 0 Å². The van der Waals surface area contributed by atoms with Crippen LogP contribution in [0.3, 0.4) is 0 Å². The predicted molar refractivity (Wildman–Crippen MR) is 90.6 cm³/mol. The van der Waals surface area contributed by atoms with Crippen LogP contribution in [0.4, 0.5) is 5.69 Å². The molecule has 3 N–H and O–H groups in total. The lowest BCUT2D eigenvalue weighted by atomic mass is 9.80. The van der Waals surface area contributed by atoms with Crippen LogP contribution in [-0.4, -0.2) is 35.4 Å². The van der Waals surface area contributed by atoms with Crippen LogP contribution in [-0.2, 0) is 4.79 Å². The molecule has 0 radical (unpaired) electrons. The largest absolute Gasteiger partial charge is 0.393 e. The van der Waals surface area contributed by atoms with Crippen LogP contribution in [0, 0.1) is 5.41 Å². The maximum Gasteiger partial charge on any atom is 0.238 e. The van der Waals surface area contributed by atoms with E-state index in [1.807, 2.05) is 12.1 Å². The molecule has 2 rings (SSSR count). The molecule has 1 aromatic carbocycles. The Morgan fingerprint density at radius 3 is 2.71 bits per heavy atom. The van der Waals surface area contributed by atoms with E-state index in [1.165, 1.54) is 0 Å². The van der Waals surface area contributed by atoms with Crippen molar-refractivity contribution in [3.8, 4) is 0 Å². The second-order valence-electron chi connectivity index (χ2n) is 5.76. The third-order valence-electron chi connectivity index (χ3n) is 4.03. The molecule has 21 heavy (non-hydrogen) atoms. The van der Waals surface area contributed by atoms with Crippen molar-refractivity contribution in [3.05, 3.63) is 29.3 Å². The molecule has 114 valence electrons. The second kappa shape index (κ2) is 6.73. The smallest absolute Gasteiger partial charge is 0.238 e. The Kier molecular flexibility index (Phi) is 5.19. The molecule has 1 amide bonds. The number of nitrogens with one attached hydrogen (secondary N) is 1. The Balaban J connectivity index is 1.83. The summed E-state index contributed by atoms with van der Waals surface area (Å²) in [6.07, 6.45) is 1.79. The molecule has 1 aliphatic rings. The number of likely N-dealkylation sites (tertiary alicyclic amines) is 1. The zero-order valence-corrected chi connectivity index (χ0v) is 13.6.